The van der Waals surface area contributed by atoms with Crippen LogP contribution in [0.1, 0.15) is 30.9 Å². The molecule has 1 saturated heterocycles. The molecule has 2 aromatic carbocycles. The zero-order valence-corrected chi connectivity index (χ0v) is 18.1. The molecule has 2 heterocycles. The highest BCUT2D eigenvalue weighted by Gasteiger charge is 2.36. The van der Waals surface area contributed by atoms with Crippen LogP contribution >= 0.6 is 46.4 Å². The molecule has 0 bridgehead atoms. The second kappa shape index (κ2) is 8.73. The molecular formula is C21H19Cl4NO2. The van der Waals surface area contributed by atoms with E-state index in [2.05, 4.69) is 4.90 Å². The van der Waals surface area contributed by atoms with E-state index >= 15 is 0 Å². The van der Waals surface area contributed by atoms with Gasteiger partial charge in [0.25, 0.3) is 0 Å². The molecule has 28 heavy (non-hydrogen) atoms. The Morgan fingerprint density at radius 3 is 2.46 bits per heavy atom. The first-order chi connectivity index (χ1) is 13.5. The Hall–Kier alpha value is -1.10. The van der Waals surface area contributed by atoms with Crippen molar-refractivity contribution in [1.29, 1.82) is 0 Å². The highest BCUT2D eigenvalue weighted by atomic mass is 35.5. The molecule has 1 fully saturated rings. The molecule has 4 rings (SSSR count). The Kier molecular flexibility index (Phi) is 6.29. The van der Waals surface area contributed by atoms with Crippen LogP contribution in [0.2, 0.25) is 20.1 Å². The molecule has 0 aromatic heterocycles. The monoisotopic (exact) mass is 457 g/mol. The van der Waals surface area contributed by atoms with Gasteiger partial charge in [0.15, 0.2) is 5.75 Å². The summed E-state index contributed by atoms with van der Waals surface area (Å²) in [5, 5.41) is 2.18. The predicted molar refractivity (Wildman–Crippen MR) is 115 cm³/mol. The number of fused-ring (bicyclic) bond motifs is 1. The lowest BCUT2D eigenvalue weighted by atomic mass is 10.0. The number of rotatable bonds is 4. The van der Waals surface area contributed by atoms with Crippen molar-refractivity contribution in [1.82, 2.24) is 4.90 Å². The summed E-state index contributed by atoms with van der Waals surface area (Å²) in [6, 6.07) is 8.81. The summed E-state index contributed by atoms with van der Waals surface area (Å²) in [4.78, 5) is 2.42. The summed E-state index contributed by atoms with van der Waals surface area (Å²) in [7, 11) is 0. The molecule has 0 spiro atoms. The molecule has 1 atom stereocenters. The summed E-state index contributed by atoms with van der Waals surface area (Å²) in [6.45, 7) is 2.35. The number of halogens is 4. The maximum absolute atomic E-state index is 6.39. The van der Waals surface area contributed by atoms with Gasteiger partial charge in [0.05, 0.1) is 16.1 Å². The quantitative estimate of drug-likeness (QED) is 0.484. The smallest absolute Gasteiger partial charge is 0.150 e. The second-order valence-electron chi connectivity index (χ2n) is 6.90. The topological polar surface area (TPSA) is 21.7 Å². The Morgan fingerprint density at radius 1 is 0.964 bits per heavy atom. The summed E-state index contributed by atoms with van der Waals surface area (Å²) in [6.07, 6.45) is 5.54. The third-order valence-corrected chi connectivity index (χ3v) is 6.02. The third-order valence-electron chi connectivity index (χ3n) is 4.99. The largest absolute Gasteiger partial charge is 0.488 e. The summed E-state index contributed by atoms with van der Waals surface area (Å²) in [5.41, 5.74) is 1.01. The van der Waals surface area contributed by atoms with Crippen molar-refractivity contribution in [2.45, 2.75) is 25.3 Å². The number of piperidine rings is 1. The third kappa shape index (κ3) is 4.24. The van der Waals surface area contributed by atoms with E-state index in [0.717, 1.165) is 24.4 Å². The van der Waals surface area contributed by atoms with Crippen LogP contribution in [0.5, 0.6) is 11.5 Å². The van der Waals surface area contributed by atoms with Crippen LogP contribution < -0.4 is 9.47 Å². The lowest BCUT2D eigenvalue weighted by Gasteiger charge is -2.32. The minimum absolute atomic E-state index is 0.00390. The molecule has 0 amide bonds. The fourth-order valence-corrected chi connectivity index (χ4v) is 4.74. The molecule has 2 aliphatic rings. The minimum atomic E-state index is -0.00390. The minimum Gasteiger partial charge on any atom is -0.488 e. The van der Waals surface area contributed by atoms with Gasteiger partial charge in [0.1, 0.15) is 18.1 Å². The highest BCUT2D eigenvalue weighted by Crippen LogP contribution is 2.48. The van der Waals surface area contributed by atoms with E-state index < -0.39 is 0 Å². The van der Waals surface area contributed by atoms with Gasteiger partial charge in [-0.1, -0.05) is 52.8 Å². The zero-order chi connectivity index (χ0) is 19.7. The molecule has 148 valence electrons. The van der Waals surface area contributed by atoms with Crippen molar-refractivity contribution in [3.63, 3.8) is 0 Å². The van der Waals surface area contributed by atoms with Gasteiger partial charge in [-0.05, 0) is 62.3 Å². The maximum Gasteiger partial charge on any atom is 0.150 e. The normalized spacial score (nSPS) is 20.9. The predicted octanol–water partition coefficient (Wildman–Crippen LogP) is 7.18. The average molecular weight is 459 g/mol. The van der Waals surface area contributed by atoms with Crippen LogP contribution in [0.25, 0.3) is 0 Å². The van der Waals surface area contributed by atoms with E-state index in [4.69, 9.17) is 55.9 Å². The SMILES string of the molecule is Clc1ccc(OC/C=C2\Oc3c(Cl)cc(Cl)cc3C2N2CCCCC2)c(Cl)c1. The summed E-state index contributed by atoms with van der Waals surface area (Å²) in [5.74, 6) is 2.07. The Balaban J connectivity index is 1.59. The van der Waals surface area contributed by atoms with Crippen LogP contribution in [0.4, 0.5) is 0 Å². The Bertz CT molecular complexity index is 910. The molecule has 2 aliphatic heterocycles. The molecule has 2 aromatic rings. The second-order valence-corrected chi connectivity index (χ2v) is 8.59. The van der Waals surface area contributed by atoms with E-state index in [1.54, 1.807) is 24.3 Å². The molecule has 0 saturated carbocycles. The first-order valence-corrected chi connectivity index (χ1v) is 10.7. The Labute approximate surface area is 184 Å². The number of likely N-dealkylation sites (tertiary alicyclic amines) is 1. The van der Waals surface area contributed by atoms with Crippen LogP contribution in [0.15, 0.2) is 42.2 Å². The van der Waals surface area contributed by atoms with Gasteiger partial charge in [0.2, 0.25) is 0 Å². The van der Waals surface area contributed by atoms with Gasteiger partial charge in [0, 0.05) is 15.6 Å². The number of hydrogen-bond acceptors (Lipinski definition) is 3. The van der Waals surface area contributed by atoms with Gasteiger partial charge in [-0.2, -0.15) is 0 Å². The maximum atomic E-state index is 6.39. The van der Waals surface area contributed by atoms with Crippen molar-refractivity contribution in [2.24, 2.45) is 0 Å². The van der Waals surface area contributed by atoms with Crippen molar-refractivity contribution < 1.29 is 9.47 Å². The zero-order valence-electron chi connectivity index (χ0n) is 15.1. The number of nitrogens with zero attached hydrogens (tertiary/aromatic N) is 1. The van der Waals surface area contributed by atoms with Crippen LogP contribution in [-0.2, 0) is 0 Å². The van der Waals surface area contributed by atoms with Gasteiger partial charge in [-0.3, -0.25) is 4.90 Å². The van der Waals surface area contributed by atoms with Gasteiger partial charge in [-0.25, -0.2) is 0 Å². The van der Waals surface area contributed by atoms with Crippen molar-refractivity contribution in [3.05, 3.63) is 67.8 Å². The molecule has 3 nitrogen and oxygen atoms in total. The number of benzene rings is 2. The highest BCUT2D eigenvalue weighted by molar-refractivity contribution is 6.36. The number of ether oxygens (including phenoxy) is 2. The van der Waals surface area contributed by atoms with E-state index in [1.165, 1.54) is 19.3 Å². The fourth-order valence-electron chi connectivity index (χ4n) is 3.73. The molecule has 1 unspecified atom stereocenters. The molecule has 0 aliphatic carbocycles. The fraction of sp³-hybridized carbons (Fsp3) is 0.333. The van der Waals surface area contributed by atoms with E-state index in [9.17, 15) is 0 Å². The molecule has 7 heteroatoms. The van der Waals surface area contributed by atoms with Gasteiger partial charge >= 0.3 is 0 Å². The first kappa shape index (κ1) is 20.2. The average Bonchev–Trinajstić information content (AvgIpc) is 3.03. The molecular weight excluding hydrogens is 440 g/mol. The van der Waals surface area contributed by atoms with Crippen LogP contribution in [0.3, 0.4) is 0 Å². The summed E-state index contributed by atoms with van der Waals surface area (Å²) >= 11 is 24.8. The van der Waals surface area contributed by atoms with Crippen molar-refractivity contribution >= 4 is 46.4 Å². The van der Waals surface area contributed by atoms with Crippen LogP contribution in [0, 0.1) is 0 Å². The Morgan fingerprint density at radius 2 is 1.71 bits per heavy atom. The van der Waals surface area contributed by atoms with Crippen molar-refractivity contribution in [2.75, 3.05) is 19.7 Å². The summed E-state index contributed by atoms with van der Waals surface area (Å²) < 4.78 is 12.0. The van der Waals surface area contributed by atoms with Gasteiger partial charge in [-0.15, -0.1) is 0 Å². The van der Waals surface area contributed by atoms with E-state index in [-0.39, 0.29) is 6.04 Å². The number of hydrogen-bond donors (Lipinski definition) is 0. The first-order valence-electron chi connectivity index (χ1n) is 9.21. The van der Waals surface area contributed by atoms with Crippen molar-refractivity contribution in [3.8, 4) is 11.5 Å². The lowest BCUT2D eigenvalue weighted by Crippen LogP contribution is -2.34. The standard InChI is InChI=1S/C21H19Cl4NO2/c22-13-4-5-18(16(24)11-13)27-9-6-19-20(26-7-2-1-3-8-26)15-10-14(23)12-17(25)21(15)28-19/h4-6,10-12,20H,1-3,7-9H2/b19-6-. The molecule has 0 N–H and O–H groups in total. The van der Waals surface area contributed by atoms with E-state index in [1.807, 2.05) is 12.1 Å². The lowest BCUT2D eigenvalue weighted by molar-refractivity contribution is 0.170. The van der Waals surface area contributed by atoms with Crippen LogP contribution in [-0.4, -0.2) is 24.6 Å². The van der Waals surface area contributed by atoms with Gasteiger partial charge < -0.3 is 9.47 Å². The molecule has 0 radical (unpaired) electrons. The van der Waals surface area contributed by atoms with E-state index in [0.29, 0.717) is 38.2 Å².